The number of hydrazine groups is 1. The Hall–Kier alpha value is -1.37. The molecule has 0 saturated carbocycles. The molecule has 0 amide bonds. The van der Waals surface area contributed by atoms with Crippen molar-refractivity contribution in [1.82, 2.24) is 10.4 Å². The number of rotatable bonds is 4. The summed E-state index contributed by atoms with van der Waals surface area (Å²) in [7, 11) is 0. The average Bonchev–Trinajstić information content (AvgIpc) is 2.41. The first kappa shape index (κ1) is 14.0. The van der Waals surface area contributed by atoms with Gasteiger partial charge in [0.15, 0.2) is 0 Å². The van der Waals surface area contributed by atoms with E-state index in [1.807, 2.05) is 6.07 Å². The highest BCUT2D eigenvalue weighted by atomic mass is 79.9. The molecule has 0 saturated heterocycles. The third-order valence-electron chi connectivity index (χ3n) is 2.74. The average molecular weight is 328 g/mol. The molecule has 1 unspecified atom stereocenters. The Bertz CT molecular complexity index is 560. The number of hydrogen-bond donors (Lipinski definition) is 2. The second-order valence-electron chi connectivity index (χ2n) is 4.06. The predicted octanol–water partition coefficient (Wildman–Crippen LogP) is 2.87. The summed E-state index contributed by atoms with van der Waals surface area (Å²) in [6.07, 6.45) is 1.84. The number of nitrogens with one attached hydrogen (secondary N) is 1. The number of benzene rings is 1. The lowest BCUT2D eigenvalue weighted by Gasteiger charge is -2.16. The van der Waals surface area contributed by atoms with Crippen LogP contribution in [0.2, 0.25) is 0 Å². The molecule has 1 atom stereocenters. The summed E-state index contributed by atoms with van der Waals surface area (Å²) < 4.78 is 27.5. The smallest absolute Gasteiger partial charge is 0.126 e. The van der Waals surface area contributed by atoms with Crippen molar-refractivity contribution in [3.63, 3.8) is 0 Å². The van der Waals surface area contributed by atoms with Crippen LogP contribution in [0.4, 0.5) is 8.78 Å². The molecule has 0 radical (unpaired) electrons. The number of halogens is 3. The van der Waals surface area contributed by atoms with E-state index in [-0.39, 0.29) is 18.0 Å². The van der Waals surface area contributed by atoms with Crippen LogP contribution in [0.3, 0.4) is 0 Å². The molecular weight excluding hydrogens is 316 g/mol. The molecule has 0 spiro atoms. The first-order valence-electron chi connectivity index (χ1n) is 5.61. The van der Waals surface area contributed by atoms with Crippen molar-refractivity contribution in [2.24, 2.45) is 5.84 Å². The van der Waals surface area contributed by atoms with Gasteiger partial charge in [-0.05, 0) is 58.2 Å². The van der Waals surface area contributed by atoms with Crippen molar-refractivity contribution in [3.8, 4) is 0 Å². The second-order valence-corrected chi connectivity index (χ2v) is 4.98. The molecule has 0 aliphatic rings. The molecule has 0 fully saturated rings. The normalized spacial score (nSPS) is 12.4. The van der Waals surface area contributed by atoms with Crippen LogP contribution in [-0.4, -0.2) is 4.98 Å². The maximum Gasteiger partial charge on any atom is 0.126 e. The molecule has 3 N–H and O–H groups in total. The summed E-state index contributed by atoms with van der Waals surface area (Å²) in [5, 5.41) is 0. The van der Waals surface area contributed by atoms with Gasteiger partial charge in [-0.25, -0.2) is 8.78 Å². The summed E-state index contributed by atoms with van der Waals surface area (Å²) in [6, 6.07) is 6.55. The van der Waals surface area contributed by atoms with Crippen LogP contribution in [0.25, 0.3) is 0 Å². The van der Waals surface area contributed by atoms with Crippen molar-refractivity contribution in [1.29, 1.82) is 0 Å². The number of hydrogen-bond acceptors (Lipinski definition) is 3. The van der Waals surface area contributed by atoms with Crippen LogP contribution < -0.4 is 11.3 Å². The fourth-order valence-electron chi connectivity index (χ4n) is 1.76. The van der Waals surface area contributed by atoms with Crippen LogP contribution >= 0.6 is 15.9 Å². The van der Waals surface area contributed by atoms with Crippen LogP contribution in [-0.2, 0) is 6.42 Å². The van der Waals surface area contributed by atoms with E-state index in [4.69, 9.17) is 5.84 Å². The largest absolute Gasteiger partial charge is 0.271 e. The van der Waals surface area contributed by atoms with Crippen molar-refractivity contribution in [3.05, 3.63) is 63.9 Å². The molecule has 0 aliphatic carbocycles. The van der Waals surface area contributed by atoms with Crippen molar-refractivity contribution in [2.45, 2.75) is 12.5 Å². The number of aromatic nitrogens is 1. The van der Waals surface area contributed by atoms with Crippen LogP contribution in [0.15, 0.2) is 41.0 Å². The zero-order valence-electron chi connectivity index (χ0n) is 9.91. The maximum absolute atomic E-state index is 13.6. The van der Waals surface area contributed by atoms with Crippen molar-refractivity contribution < 1.29 is 8.78 Å². The highest BCUT2D eigenvalue weighted by molar-refractivity contribution is 9.10. The summed E-state index contributed by atoms with van der Waals surface area (Å²) in [5.41, 5.74) is 3.48. The first-order valence-corrected chi connectivity index (χ1v) is 6.41. The van der Waals surface area contributed by atoms with Crippen LogP contribution in [0.5, 0.6) is 0 Å². The number of pyridine rings is 1. The Kier molecular flexibility index (Phi) is 4.57. The molecule has 2 aromatic rings. The van der Waals surface area contributed by atoms with Gasteiger partial charge >= 0.3 is 0 Å². The minimum atomic E-state index is -0.476. The summed E-state index contributed by atoms with van der Waals surface area (Å²) in [5.74, 6) is 4.53. The molecule has 6 heteroatoms. The van der Waals surface area contributed by atoms with Gasteiger partial charge in [-0.2, -0.15) is 0 Å². The topological polar surface area (TPSA) is 50.9 Å². The lowest BCUT2D eigenvalue weighted by atomic mass is 10.0. The Morgan fingerprint density at radius 2 is 2.05 bits per heavy atom. The van der Waals surface area contributed by atoms with Gasteiger partial charge < -0.3 is 0 Å². The van der Waals surface area contributed by atoms with Gasteiger partial charge in [0, 0.05) is 10.7 Å². The fraction of sp³-hybridized carbons (Fsp3) is 0.154. The highest BCUT2D eigenvalue weighted by Gasteiger charge is 2.15. The molecule has 3 nitrogen and oxygen atoms in total. The van der Waals surface area contributed by atoms with Gasteiger partial charge in [0.25, 0.3) is 0 Å². The zero-order chi connectivity index (χ0) is 13.8. The molecule has 1 aromatic carbocycles. The van der Waals surface area contributed by atoms with E-state index in [1.54, 1.807) is 12.3 Å². The van der Waals surface area contributed by atoms with Gasteiger partial charge in [0.05, 0.1) is 11.7 Å². The quantitative estimate of drug-likeness (QED) is 0.670. The van der Waals surface area contributed by atoms with E-state index in [1.165, 1.54) is 6.07 Å². The molecule has 0 bridgehead atoms. The van der Waals surface area contributed by atoms with Crippen LogP contribution in [0.1, 0.15) is 17.3 Å². The lowest BCUT2D eigenvalue weighted by Crippen LogP contribution is -2.30. The maximum atomic E-state index is 13.6. The predicted molar refractivity (Wildman–Crippen MR) is 72.1 cm³/mol. The van der Waals surface area contributed by atoms with Crippen molar-refractivity contribution in [2.75, 3.05) is 0 Å². The second kappa shape index (κ2) is 6.18. The molecular formula is C13H12BrF2N3. The third-order valence-corrected chi connectivity index (χ3v) is 3.21. The van der Waals surface area contributed by atoms with Gasteiger partial charge in [-0.3, -0.25) is 16.3 Å². The van der Waals surface area contributed by atoms with Crippen LogP contribution in [0, 0.1) is 11.6 Å². The number of nitrogens with zero attached hydrogens (tertiary/aromatic N) is 1. The van der Waals surface area contributed by atoms with E-state index < -0.39 is 11.6 Å². The molecule has 0 aliphatic heterocycles. The van der Waals surface area contributed by atoms with Gasteiger partial charge in [-0.1, -0.05) is 0 Å². The van der Waals surface area contributed by atoms with E-state index in [2.05, 4.69) is 26.3 Å². The van der Waals surface area contributed by atoms with Gasteiger partial charge in [0.1, 0.15) is 11.6 Å². The Labute approximate surface area is 117 Å². The van der Waals surface area contributed by atoms with E-state index in [0.29, 0.717) is 5.69 Å². The van der Waals surface area contributed by atoms with E-state index in [0.717, 1.165) is 16.6 Å². The Balaban J connectivity index is 2.23. The lowest BCUT2D eigenvalue weighted by molar-refractivity contribution is 0.513. The standard InChI is InChI=1S/C13H12BrF2N3/c14-9-1-4-12(18-7-9)13(19-17)6-8-5-10(15)2-3-11(8)16/h1-5,7,13,19H,6,17H2. The molecule has 1 aromatic heterocycles. The minimum absolute atomic E-state index is 0.217. The summed E-state index contributed by atoms with van der Waals surface area (Å²) in [4.78, 5) is 4.19. The summed E-state index contributed by atoms with van der Waals surface area (Å²) >= 11 is 3.28. The summed E-state index contributed by atoms with van der Waals surface area (Å²) in [6.45, 7) is 0. The third kappa shape index (κ3) is 3.56. The van der Waals surface area contributed by atoms with Crippen molar-refractivity contribution >= 4 is 15.9 Å². The Morgan fingerprint density at radius 1 is 1.26 bits per heavy atom. The molecule has 2 rings (SSSR count). The minimum Gasteiger partial charge on any atom is -0.271 e. The van der Waals surface area contributed by atoms with Gasteiger partial charge in [0.2, 0.25) is 0 Å². The zero-order valence-corrected chi connectivity index (χ0v) is 11.5. The van der Waals surface area contributed by atoms with E-state index >= 15 is 0 Å². The molecule has 100 valence electrons. The Morgan fingerprint density at radius 3 is 2.68 bits per heavy atom. The molecule has 1 heterocycles. The van der Waals surface area contributed by atoms with E-state index in [9.17, 15) is 8.78 Å². The highest BCUT2D eigenvalue weighted by Crippen LogP contribution is 2.20. The monoisotopic (exact) mass is 327 g/mol. The molecule has 19 heavy (non-hydrogen) atoms. The van der Waals surface area contributed by atoms with Gasteiger partial charge in [-0.15, -0.1) is 0 Å². The number of nitrogens with two attached hydrogens (primary N) is 1. The first-order chi connectivity index (χ1) is 9.10. The fourth-order valence-corrected chi connectivity index (χ4v) is 2.00. The SMILES string of the molecule is NNC(Cc1cc(F)ccc1F)c1ccc(Br)cn1.